The van der Waals surface area contributed by atoms with Crippen LogP contribution in [0.4, 0.5) is 26.3 Å². The Kier molecular flexibility index (Phi) is 12.8. The highest BCUT2D eigenvalue weighted by Gasteiger charge is 2.38. The molecule has 0 spiro atoms. The molecule has 1 aromatic carbocycles. The van der Waals surface area contributed by atoms with Gasteiger partial charge < -0.3 is 19.9 Å². The van der Waals surface area contributed by atoms with Crippen LogP contribution >= 0.6 is 0 Å². The van der Waals surface area contributed by atoms with Crippen molar-refractivity contribution in [1.82, 2.24) is 14.9 Å². The van der Waals surface area contributed by atoms with Crippen molar-refractivity contribution >= 4 is 11.9 Å². The van der Waals surface area contributed by atoms with Gasteiger partial charge in [0.25, 0.3) is 0 Å². The third-order valence-corrected chi connectivity index (χ3v) is 3.61. The molecule has 2 aromatic rings. The van der Waals surface area contributed by atoms with Gasteiger partial charge in [0.05, 0.1) is 6.61 Å². The van der Waals surface area contributed by atoms with Gasteiger partial charge in [-0.15, -0.1) is 0 Å². The van der Waals surface area contributed by atoms with Gasteiger partial charge in [-0.1, -0.05) is 37.3 Å². The third-order valence-electron chi connectivity index (χ3n) is 3.61. The van der Waals surface area contributed by atoms with Gasteiger partial charge in [-0.3, -0.25) is 4.90 Å². The fourth-order valence-corrected chi connectivity index (χ4v) is 1.99. The molecule has 0 aliphatic heterocycles. The average molecular weight is 487 g/mol. The van der Waals surface area contributed by atoms with Crippen LogP contribution in [-0.4, -0.2) is 76.2 Å². The zero-order valence-corrected chi connectivity index (χ0v) is 17.6. The molecule has 0 atom stereocenters. The van der Waals surface area contributed by atoms with Crippen molar-refractivity contribution < 1.29 is 50.9 Å². The van der Waals surface area contributed by atoms with E-state index in [9.17, 15) is 26.3 Å². The van der Waals surface area contributed by atoms with Gasteiger partial charge in [-0.05, 0) is 6.54 Å². The molecule has 1 aromatic heterocycles. The second kappa shape index (κ2) is 14.1. The van der Waals surface area contributed by atoms with Crippen molar-refractivity contribution in [3.63, 3.8) is 0 Å². The summed E-state index contributed by atoms with van der Waals surface area (Å²) in [6, 6.07) is 10.2. The lowest BCUT2D eigenvalue weighted by Crippen LogP contribution is -2.26. The van der Waals surface area contributed by atoms with Crippen molar-refractivity contribution in [2.75, 3.05) is 26.8 Å². The number of H-pyrrole nitrogens is 1. The van der Waals surface area contributed by atoms with E-state index in [2.05, 4.69) is 33.9 Å². The Labute approximate surface area is 184 Å². The standard InChI is InChI=1S/C15H21N3O.2C2HF3O2/c1-3-18(9-10-19-2)12-14-11-16-15(17-14)13-7-5-4-6-8-13;2*3-2(4,5)1(6)7/h4-8,11H,3,9-10,12H2,1-2H3,(H,16,17);2*(H,6,7). The van der Waals surface area contributed by atoms with E-state index in [0.717, 1.165) is 43.3 Å². The first-order chi connectivity index (χ1) is 15.2. The number of aliphatic carboxylic acids is 2. The quantitative estimate of drug-likeness (QED) is 0.509. The topological polar surface area (TPSA) is 116 Å². The van der Waals surface area contributed by atoms with E-state index in [1.807, 2.05) is 24.4 Å². The Morgan fingerprint density at radius 3 is 1.91 bits per heavy atom. The molecule has 0 amide bonds. The smallest absolute Gasteiger partial charge is 0.475 e. The number of carbonyl (C=O) groups is 2. The van der Waals surface area contributed by atoms with Crippen molar-refractivity contribution in [3.05, 3.63) is 42.2 Å². The molecule has 0 aliphatic carbocycles. The van der Waals surface area contributed by atoms with Crippen molar-refractivity contribution in [2.24, 2.45) is 0 Å². The summed E-state index contributed by atoms with van der Waals surface area (Å²) in [5.74, 6) is -4.58. The van der Waals surface area contributed by atoms with E-state index in [0.29, 0.717) is 0 Å². The van der Waals surface area contributed by atoms with Gasteiger partial charge in [0.1, 0.15) is 5.82 Å². The van der Waals surface area contributed by atoms with E-state index in [4.69, 9.17) is 24.5 Å². The largest absolute Gasteiger partial charge is 0.490 e. The van der Waals surface area contributed by atoms with Gasteiger partial charge in [0.2, 0.25) is 0 Å². The van der Waals surface area contributed by atoms with Crippen molar-refractivity contribution in [1.29, 1.82) is 0 Å². The summed E-state index contributed by atoms with van der Waals surface area (Å²) < 4.78 is 68.6. The van der Waals surface area contributed by atoms with Crippen LogP contribution in [0.15, 0.2) is 36.5 Å². The summed E-state index contributed by atoms with van der Waals surface area (Å²) in [6.45, 7) is 5.73. The molecule has 186 valence electrons. The number of hydrogen-bond acceptors (Lipinski definition) is 5. The number of nitrogens with zero attached hydrogens (tertiary/aromatic N) is 2. The molecule has 0 fully saturated rings. The minimum absolute atomic E-state index is 0.757. The minimum Gasteiger partial charge on any atom is -0.475 e. The number of aromatic nitrogens is 2. The lowest BCUT2D eigenvalue weighted by molar-refractivity contribution is -0.193. The second-order valence-electron chi connectivity index (χ2n) is 6.09. The first-order valence-corrected chi connectivity index (χ1v) is 9.13. The van der Waals surface area contributed by atoms with E-state index in [1.165, 1.54) is 0 Å². The Morgan fingerprint density at radius 1 is 1.03 bits per heavy atom. The molecule has 0 saturated carbocycles. The Balaban J connectivity index is 0.000000605. The van der Waals surface area contributed by atoms with Gasteiger partial charge in [0.15, 0.2) is 0 Å². The molecule has 0 bridgehead atoms. The fraction of sp³-hybridized carbons (Fsp3) is 0.421. The van der Waals surface area contributed by atoms with E-state index < -0.39 is 24.3 Å². The number of rotatable bonds is 7. The normalized spacial score (nSPS) is 11.2. The van der Waals surface area contributed by atoms with Crippen LogP contribution in [0.1, 0.15) is 12.6 Å². The van der Waals surface area contributed by atoms with Crippen LogP contribution in [0.25, 0.3) is 11.4 Å². The predicted octanol–water partition coefficient (Wildman–Crippen LogP) is 3.81. The van der Waals surface area contributed by atoms with Gasteiger partial charge in [-0.2, -0.15) is 26.3 Å². The summed E-state index contributed by atoms with van der Waals surface area (Å²) in [7, 11) is 1.73. The number of imidazole rings is 1. The van der Waals surface area contributed by atoms with Crippen LogP contribution < -0.4 is 0 Å². The highest BCUT2D eigenvalue weighted by atomic mass is 19.4. The van der Waals surface area contributed by atoms with Crippen LogP contribution in [0.5, 0.6) is 0 Å². The third kappa shape index (κ3) is 13.1. The number of carboxylic acids is 2. The van der Waals surface area contributed by atoms with Crippen molar-refractivity contribution in [2.45, 2.75) is 25.8 Å². The SMILES string of the molecule is CCN(CCOC)Cc1cnc(-c2ccccc2)[nH]1.O=C(O)C(F)(F)F.O=C(O)C(F)(F)F. The molecule has 0 aliphatic rings. The highest BCUT2D eigenvalue weighted by Crippen LogP contribution is 2.16. The number of nitrogens with one attached hydrogen (secondary N) is 1. The molecule has 14 heteroatoms. The van der Waals surface area contributed by atoms with Gasteiger partial charge in [0, 0.05) is 37.7 Å². The molecular weight excluding hydrogens is 464 g/mol. The minimum atomic E-state index is -5.08. The molecule has 1 heterocycles. The molecule has 0 unspecified atom stereocenters. The van der Waals surface area contributed by atoms with E-state index in [-0.39, 0.29) is 0 Å². The monoisotopic (exact) mass is 487 g/mol. The maximum atomic E-state index is 10.6. The molecular formula is C19H23F6N3O5. The first-order valence-electron chi connectivity index (χ1n) is 9.13. The summed E-state index contributed by atoms with van der Waals surface area (Å²) >= 11 is 0. The number of methoxy groups -OCH3 is 1. The average Bonchev–Trinajstić information content (AvgIpc) is 3.20. The zero-order chi connectivity index (χ0) is 25.7. The molecule has 2 rings (SSSR count). The zero-order valence-electron chi connectivity index (χ0n) is 17.6. The Morgan fingerprint density at radius 2 is 1.52 bits per heavy atom. The molecule has 8 nitrogen and oxygen atoms in total. The number of likely N-dealkylation sites (N-methyl/N-ethyl adjacent to an activating group) is 1. The summed E-state index contributed by atoms with van der Waals surface area (Å²) in [5.41, 5.74) is 2.26. The summed E-state index contributed by atoms with van der Waals surface area (Å²) in [6.07, 6.45) is -8.25. The number of carboxylic acid groups (broad SMARTS) is 2. The predicted molar refractivity (Wildman–Crippen MR) is 104 cm³/mol. The fourth-order valence-electron chi connectivity index (χ4n) is 1.99. The van der Waals surface area contributed by atoms with Crippen LogP contribution in [0.2, 0.25) is 0 Å². The van der Waals surface area contributed by atoms with Crippen LogP contribution in [0, 0.1) is 0 Å². The lowest BCUT2D eigenvalue weighted by atomic mass is 10.2. The highest BCUT2D eigenvalue weighted by molar-refractivity contribution is 5.73. The number of aromatic amines is 1. The number of alkyl halides is 6. The number of hydrogen-bond donors (Lipinski definition) is 3. The molecule has 0 saturated heterocycles. The maximum absolute atomic E-state index is 10.6. The molecule has 33 heavy (non-hydrogen) atoms. The van der Waals surface area contributed by atoms with Crippen LogP contribution in [0.3, 0.4) is 0 Å². The van der Waals surface area contributed by atoms with E-state index >= 15 is 0 Å². The summed E-state index contributed by atoms with van der Waals surface area (Å²) in [5, 5.41) is 14.2. The lowest BCUT2D eigenvalue weighted by Gasteiger charge is -2.18. The molecule has 0 radical (unpaired) electrons. The first kappa shape index (κ1) is 29.9. The van der Waals surface area contributed by atoms with Gasteiger partial charge >= 0.3 is 24.3 Å². The number of halogens is 6. The number of benzene rings is 1. The maximum Gasteiger partial charge on any atom is 0.490 e. The van der Waals surface area contributed by atoms with E-state index in [1.54, 1.807) is 7.11 Å². The molecule has 3 N–H and O–H groups in total. The van der Waals surface area contributed by atoms with Crippen LogP contribution in [-0.2, 0) is 20.9 Å². The van der Waals surface area contributed by atoms with Gasteiger partial charge in [-0.25, -0.2) is 14.6 Å². The number of ether oxygens (including phenoxy) is 1. The van der Waals surface area contributed by atoms with Crippen molar-refractivity contribution in [3.8, 4) is 11.4 Å². The summed E-state index contributed by atoms with van der Waals surface area (Å²) in [4.78, 5) is 27.9. The Hall–Kier alpha value is -3.13. The second-order valence-corrected chi connectivity index (χ2v) is 6.09. The Bertz CT molecular complexity index is 816.